The number of nitrogens with one attached hydrogen (secondary N) is 2. The maximum atomic E-state index is 12.2. The van der Waals surface area contributed by atoms with Crippen molar-refractivity contribution in [2.75, 3.05) is 46.1 Å². The van der Waals surface area contributed by atoms with Crippen molar-refractivity contribution in [1.29, 1.82) is 0 Å². The molecule has 8 nitrogen and oxygen atoms in total. The number of hydrogen-bond acceptors (Lipinski definition) is 5. The van der Waals surface area contributed by atoms with Gasteiger partial charge in [-0.1, -0.05) is 20.3 Å². The van der Waals surface area contributed by atoms with E-state index in [0.29, 0.717) is 52.4 Å². The molecule has 161 valence electrons. The van der Waals surface area contributed by atoms with Crippen LogP contribution >= 0.6 is 0 Å². The van der Waals surface area contributed by atoms with E-state index in [1.807, 2.05) is 13.8 Å². The molecule has 9 heteroatoms. The molecule has 0 aromatic heterocycles. The van der Waals surface area contributed by atoms with Gasteiger partial charge in [0.05, 0.1) is 19.8 Å². The molecule has 1 saturated heterocycles. The van der Waals surface area contributed by atoms with Crippen LogP contribution in [0, 0.1) is 11.8 Å². The number of hydrogen-bond donors (Lipinski definition) is 1. The molecule has 1 rings (SSSR count). The third-order valence-corrected chi connectivity index (χ3v) is 4.56. The summed E-state index contributed by atoms with van der Waals surface area (Å²) in [6, 6.07) is 0. The molecule has 0 aromatic rings. The monoisotopic (exact) mass is 435 g/mol. The SMILES string of the molecule is CC(C)C1CC(=O)N(CCCCCC(=O)NCCOCCOCC[NH-])C1=O.[V]. The fraction of sp³-hybridized carbons (Fsp3) is 0.842. The van der Waals surface area contributed by atoms with E-state index in [0.717, 1.165) is 19.3 Å². The maximum absolute atomic E-state index is 12.2. The fourth-order valence-electron chi connectivity index (χ4n) is 2.94. The maximum Gasteiger partial charge on any atom is 0.233 e. The summed E-state index contributed by atoms with van der Waals surface area (Å²) in [5.74, 6) is -0.110. The van der Waals surface area contributed by atoms with Gasteiger partial charge in [0.25, 0.3) is 0 Å². The molecule has 2 N–H and O–H groups in total. The van der Waals surface area contributed by atoms with E-state index >= 15 is 0 Å². The summed E-state index contributed by atoms with van der Waals surface area (Å²) in [5, 5.41) is 2.80. The molecule has 1 unspecified atom stereocenters. The van der Waals surface area contributed by atoms with E-state index in [4.69, 9.17) is 15.2 Å². The number of carbonyl (C=O) groups excluding carboxylic acids is 3. The standard InChI is InChI=1S/C19H34N3O5.V/c1-15(2)16-14-18(24)22(19(16)25)9-5-3-4-6-17(23)21-8-11-27-13-12-26-10-7-20;/h15-16,20H,3-14H2,1-2H3,(H,21,23);/q-1;. The first kappa shape index (κ1) is 27.1. The van der Waals surface area contributed by atoms with E-state index in [1.165, 1.54) is 4.90 Å². The fourth-order valence-corrected chi connectivity index (χ4v) is 2.94. The number of ether oxygens (including phenoxy) is 2. The van der Waals surface area contributed by atoms with Crippen molar-refractivity contribution in [3.8, 4) is 0 Å². The zero-order valence-corrected chi connectivity index (χ0v) is 18.5. The Morgan fingerprint density at radius 1 is 1.14 bits per heavy atom. The van der Waals surface area contributed by atoms with Gasteiger partial charge >= 0.3 is 0 Å². The van der Waals surface area contributed by atoms with Gasteiger partial charge in [-0.3, -0.25) is 19.3 Å². The Balaban J connectivity index is 0.00000729. The molecule has 28 heavy (non-hydrogen) atoms. The van der Waals surface area contributed by atoms with E-state index in [2.05, 4.69) is 5.32 Å². The topological polar surface area (TPSA) is 109 Å². The van der Waals surface area contributed by atoms with Crippen molar-refractivity contribution in [2.24, 2.45) is 11.8 Å². The van der Waals surface area contributed by atoms with Crippen LogP contribution < -0.4 is 5.32 Å². The van der Waals surface area contributed by atoms with Crippen molar-refractivity contribution in [3.63, 3.8) is 0 Å². The van der Waals surface area contributed by atoms with Gasteiger partial charge in [-0.15, -0.1) is 6.54 Å². The third-order valence-electron chi connectivity index (χ3n) is 4.56. The summed E-state index contributed by atoms with van der Waals surface area (Å²) in [5.41, 5.74) is 6.92. The molecule has 1 radical (unpaired) electrons. The predicted molar refractivity (Wildman–Crippen MR) is 102 cm³/mol. The Bertz CT molecular complexity index is 476. The number of carbonyl (C=O) groups is 3. The average Bonchev–Trinajstić information content (AvgIpc) is 2.91. The molecule has 3 amide bonds. The summed E-state index contributed by atoms with van der Waals surface area (Å²) >= 11 is 0. The van der Waals surface area contributed by atoms with E-state index in [1.54, 1.807) is 0 Å². The van der Waals surface area contributed by atoms with E-state index in [9.17, 15) is 14.4 Å². The molecule has 1 aliphatic rings. The summed E-state index contributed by atoms with van der Waals surface area (Å²) in [6.07, 6.45) is 3.04. The molecule has 1 fully saturated rings. The van der Waals surface area contributed by atoms with Crippen LogP contribution in [0.15, 0.2) is 0 Å². The predicted octanol–water partition coefficient (Wildman–Crippen LogP) is 1.78. The van der Waals surface area contributed by atoms with Gasteiger partial charge in [-0.25, -0.2) is 0 Å². The second-order valence-corrected chi connectivity index (χ2v) is 7.07. The van der Waals surface area contributed by atoms with Gasteiger partial charge in [-0.2, -0.15) is 0 Å². The third kappa shape index (κ3) is 10.6. The average molecular weight is 435 g/mol. The van der Waals surface area contributed by atoms with Gasteiger partial charge in [-0.05, 0) is 18.8 Å². The van der Waals surface area contributed by atoms with Crippen LogP contribution in [-0.4, -0.2) is 68.7 Å². The van der Waals surface area contributed by atoms with Crippen LogP contribution in [-0.2, 0) is 42.4 Å². The summed E-state index contributed by atoms with van der Waals surface area (Å²) in [4.78, 5) is 37.2. The summed E-state index contributed by atoms with van der Waals surface area (Å²) in [6.45, 7) is 6.88. The minimum atomic E-state index is -0.172. The molecular weight excluding hydrogens is 401 g/mol. The smallest absolute Gasteiger partial charge is 0.233 e. The Morgan fingerprint density at radius 2 is 1.82 bits per heavy atom. The summed E-state index contributed by atoms with van der Waals surface area (Å²) in [7, 11) is 0. The van der Waals surface area contributed by atoms with Crippen molar-refractivity contribution >= 4 is 17.7 Å². The van der Waals surface area contributed by atoms with Crippen LogP contribution in [0.4, 0.5) is 0 Å². The molecule has 0 saturated carbocycles. The largest absolute Gasteiger partial charge is 0.676 e. The molecule has 0 spiro atoms. The number of amides is 3. The van der Waals surface area contributed by atoms with E-state index < -0.39 is 0 Å². The Hall–Kier alpha value is -0.926. The van der Waals surface area contributed by atoms with Crippen LogP contribution in [0.3, 0.4) is 0 Å². The summed E-state index contributed by atoms with van der Waals surface area (Å²) < 4.78 is 10.4. The first-order valence-electron chi connectivity index (χ1n) is 9.88. The molecule has 0 aliphatic carbocycles. The van der Waals surface area contributed by atoms with E-state index in [-0.39, 0.29) is 54.7 Å². The van der Waals surface area contributed by atoms with Crippen molar-refractivity contribution < 1.29 is 42.4 Å². The zero-order chi connectivity index (χ0) is 20.1. The second-order valence-electron chi connectivity index (χ2n) is 7.07. The molecule has 0 bridgehead atoms. The molecule has 0 aromatic carbocycles. The van der Waals surface area contributed by atoms with Crippen molar-refractivity contribution in [3.05, 3.63) is 5.73 Å². The van der Waals surface area contributed by atoms with Crippen LogP contribution in [0.5, 0.6) is 0 Å². The number of nitrogens with zero attached hydrogens (tertiary/aromatic N) is 1. The number of rotatable bonds is 15. The second kappa shape index (κ2) is 15.9. The van der Waals surface area contributed by atoms with Gasteiger partial charge in [0.1, 0.15) is 0 Å². The normalized spacial score (nSPS) is 16.6. The first-order chi connectivity index (χ1) is 13.0. The molecular formula is C19H34N3O5V-. The van der Waals surface area contributed by atoms with Gasteiger partial charge in [0.2, 0.25) is 17.7 Å². The van der Waals surface area contributed by atoms with Gasteiger partial charge in [0, 0.05) is 57.0 Å². The van der Waals surface area contributed by atoms with Crippen LogP contribution in [0.2, 0.25) is 0 Å². The Morgan fingerprint density at radius 3 is 2.43 bits per heavy atom. The van der Waals surface area contributed by atoms with Crippen molar-refractivity contribution in [2.45, 2.75) is 46.0 Å². The van der Waals surface area contributed by atoms with Crippen LogP contribution in [0.1, 0.15) is 46.0 Å². The van der Waals surface area contributed by atoms with Gasteiger partial charge < -0.3 is 20.5 Å². The quantitative estimate of drug-likeness (QED) is 0.312. The number of likely N-dealkylation sites (tertiary alicyclic amines) is 1. The zero-order valence-electron chi connectivity index (χ0n) is 17.1. The molecule has 1 atom stereocenters. The number of imide groups is 1. The Labute approximate surface area is 180 Å². The van der Waals surface area contributed by atoms with Crippen molar-refractivity contribution in [1.82, 2.24) is 10.2 Å². The minimum Gasteiger partial charge on any atom is -0.676 e. The molecule has 1 aliphatic heterocycles. The Kier molecular flexibility index (Phi) is 15.4. The number of unbranched alkanes of at least 4 members (excludes halogenated alkanes) is 2. The molecule has 1 heterocycles. The van der Waals surface area contributed by atoms with Gasteiger partial charge in [0.15, 0.2) is 0 Å². The minimum absolute atomic E-state index is 0. The van der Waals surface area contributed by atoms with Crippen LogP contribution in [0.25, 0.3) is 5.73 Å². The first-order valence-corrected chi connectivity index (χ1v) is 9.88.